The van der Waals surface area contributed by atoms with E-state index in [4.69, 9.17) is 10.6 Å². The van der Waals surface area contributed by atoms with Crippen molar-refractivity contribution in [2.75, 3.05) is 12.5 Å². The second-order valence-corrected chi connectivity index (χ2v) is 4.93. The van der Waals surface area contributed by atoms with Crippen LogP contribution in [0.1, 0.15) is 31.0 Å². The lowest BCUT2D eigenvalue weighted by Crippen LogP contribution is -2.14. The number of hydrogen-bond donors (Lipinski definition) is 2. The first-order valence-corrected chi connectivity index (χ1v) is 6.56. The second kappa shape index (κ2) is 5.88. The monoisotopic (exact) mass is 272 g/mol. The molecule has 1 aromatic heterocycles. The molecule has 0 saturated carbocycles. The molecule has 5 heteroatoms. The molecule has 1 heterocycles. The Labute approximate surface area is 119 Å². The average molecular weight is 272 g/mol. The van der Waals surface area contributed by atoms with E-state index in [0.29, 0.717) is 17.6 Å². The summed E-state index contributed by atoms with van der Waals surface area (Å²) in [6.45, 7) is 6.16. The molecule has 2 aromatic rings. The van der Waals surface area contributed by atoms with Crippen LogP contribution in [0.4, 0.5) is 5.82 Å². The number of nitrogen functional groups attached to an aromatic ring is 1. The van der Waals surface area contributed by atoms with Crippen LogP contribution in [-0.2, 0) is 0 Å². The van der Waals surface area contributed by atoms with Crippen LogP contribution in [0, 0.1) is 6.92 Å². The fourth-order valence-electron chi connectivity index (χ4n) is 2.27. The molecule has 0 saturated heterocycles. The lowest BCUT2D eigenvalue weighted by molar-refractivity contribution is 0.415. The highest BCUT2D eigenvalue weighted by Crippen LogP contribution is 2.28. The fourth-order valence-corrected chi connectivity index (χ4v) is 2.27. The quantitative estimate of drug-likeness (QED) is 0.661. The van der Waals surface area contributed by atoms with Crippen molar-refractivity contribution in [3.63, 3.8) is 0 Å². The van der Waals surface area contributed by atoms with Crippen LogP contribution in [0.15, 0.2) is 24.3 Å². The molecule has 0 spiro atoms. The minimum absolute atomic E-state index is 0.306. The van der Waals surface area contributed by atoms with Gasteiger partial charge in [-0.05, 0) is 25.0 Å². The van der Waals surface area contributed by atoms with Gasteiger partial charge in [0, 0.05) is 16.8 Å². The Kier molecular flexibility index (Phi) is 4.20. The second-order valence-electron chi connectivity index (χ2n) is 4.93. The number of nitrogens with one attached hydrogen (secondary N) is 1. The zero-order valence-corrected chi connectivity index (χ0v) is 12.3. The summed E-state index contributed by atoms with van der Waals surface area (Å²) in [5, 5.41) is 0. The van der Waals surface area contributed by atoms with E-state index in [9.17, 15) is 0 Å². The third-order valence-corrected chi connectivity index (χ3v) is 3.18. The molecular weight excluding hydrogens is 252 g/mol. The summed E-state index contributed by atoms with van der Waals surface area (Å²) in [6.07, 6.45) is 0. The van der Waals surface area contributed by atoms with E-state index in [-0.39, 0.29) is 0 Å². The summed E-state index contributed by atoms with van der Waals surface area (Å²) >= 11 is 0. The average Bonchev–Trinajstić information content (AvgIpc) is 2.45. The molecule has 0 aliphatic rings. The van der Waals surface area contributed by atoms with Crippen LogP contribution in [0.5, 0.6) is 5.75 Å². The molecule has 1 aromatic carbocycles. The first-order chi connectivity index (χ1) is 9.56. The van der Waals surface area contributed by atoms with Crippen LogP contribution in [0.2, 0.25) is 0 Å². The van der Waals surface area contributed by atoms with Gasteiger partial charge in [0.25, 0.3) is 0 Å². The molecule has 0 bridgehead atoms. The van der Waals surface area contributed by atoms with Gasteiger partial charge in [-0.1, -0.05) is 26.0 Å². The highest BCUT2D eigenvalue weighted by Gasteiger charge is 2.15. The van der Waals surface area contributed by atoms with E-state index < -0.39 is 0 Å². The minimum Gasteiger partial charge on any atom is -0.497 e. The highest BCUT2D eigenvalue weighted by molar-refractivity contribution is 5.61. The van der Waals surface area contributed by atoms with E-state index in [2.05, 4.69) is 29.2 Å². The summed E-state index contributed by atoms with van der Waals surface area (Å²) in [5.41, 5.74) is 5.55. The van der Waals surface area contributed by atoms with Crippen LogP contribution < -0.4 is 16.0 Å². The molecule has 5 nitrogen and oxygen atoms in total. The Balaban J connectivity index is 2.55. The van der Waals surface area contributed by atoms with E-state index in [1.807, 2.05) is 31.2 Å². The van der Waals surface area contributed by atoms with E-state index in [0.717, 1.165) is 22.6 Å². The number of aryl methyl sites for hydroxylation is 1. The van der Waals surface area contributed by atoms with Crippen LogP contribution >= 0.6 is 0 Å². The van der Waals surface area contributed by atoms with Crippen molar-refractivity contribution in [3.05, 3.63) is 35.5 Å². The summed E-state index contributed by atoms with van der Waals surface area (Å²) < 4.78 is 5.23. The molecular formula is C15H20N4O. The van der Waals surface area contributed by atoms with Gasteiger partial charge in [-0.15, -0.1) is 0 Å². The van der Waals surface area contributed by atoms with Gasteiger partial charge in [0.05, 0.1) is 7.11 Å². The number of ether oxygens (including phenoxy) is 1. The number of aromatic nitrogens is 2. The van der Waals surface area contributed by atoms with Gasteiger partial charge in [-0.25, -0.2) is 15.8 Å². The van der Waals surface area contributed by atoms with Gasteiger partial charge < -0.3 is 10.2 Å². The molecule has 20 heavy (non-hydrogen) atoms. The predicted molar refractivity (Wildman–Crippen MR) is 80.7 cm³/mol. The molecule has 2 rings (SSSR count). The van der Waals surface area contributed by atoms with Crippen molar-refractivity contribution in [1.82, 2.24) is 9.97 Å². The Hall–Kier alpha value is -2.14. The van der Waals surface area contributed by atoms with Crippen molar-refractivity contribution in [2.24, 2.45) is 5.84 Å². The smallest absolute Gasteiger partial charge is 0.161 e. The zero-order chi connectivity index (χ0) is 14.7. The SMILES string of the molecule is COc1cccc(-c2nc(C)c(C(C)C)c(NN)n2)c1. The zero-order valence-electron chi connectivity index (χ0n) is 12.3. The topological polar surface area (TPSA) is 73.1 Å². The Morgan fingerprint density at radius 3 is 2.60 bits per heavy atom. The number of nitrogens with zero attached hydrogens (tertiary/aromatic N) is 2. The van der Waals surface area contributed by atoms with Crippen molar-refractivity contribution < 1.29 is 4.74 Å². The number of hydrazine groups is 1. The molecule has 0 aliphatic heterocycles. The largest absolute Gasteiger partial charge is 0.497 e. The molecule has 0 radical (unpaired) electrons. The normalized spacial score (nSPS) is 10.7. The Morgan fingerprint density at radius 1 is 1.25 bits per heavy atom. The van der Waals surface area contributed by atoms with Crippen molar-refractivity contribution in [2.45, 2.75) is 26.7 Å². The van der Waals surface area contributed by atoms with Crippen LogP contribution in [-0.4, -0.2) is 17.1 Å². The minimum atomic E-state index is 0.306. The number of methoxy groups -OCH3 is 1. The summed E-state index contributed by atoms with van der Waals surface area (Å²) in [6, 6.07) is 7.66. The number of anilines is 1. The number of benzene rings is 1. The molecule has 0 unspecified atom stereocenters. The molecule has 0 amide bonds. The third-order valence-electron chi connectivity index (χ3n) is 3.18. The van der Waals surface area contributed by atoms with Gasteiger partial charge >= 0.3 is 0 Å². The van der Waals surface area contributed by atoms with Gasteiger partial charge in [-0.3, -0.25) is 0 Å². The highest BCUT2D eigenvalue weighted by atomic mass is 16.5. The maximum atomic E-state index is 5.60. The molecule has 0 fully saturated rings. The van der Waals surface area contributed by atoms with E-state index >= 15 is 0 Å². The van der Waals surface area contributed by atoms with Crippen molar-refractivity contribution in [1.29, 1.82) is 0 Å². The Morgan fingerprint density at radius 2 is 2.00 bits per heavy atom. The van der Waals surface area contributed by atoms with Crippen molar-refractivity contribution >= 4 is 5.82 Å². The van der Waals surface area contributed by atoms with E-state index in [1.165, 1.54) is 0 Å². The number of rotatable bonds is 4. The summed E-state index contributed by atoms with van der Waals surface area (Å²) in [7, 11) is 1.64. The molecule has 3 N–H and O–H groups in total. The first kappa shape index (κ1) is 14.3. The van der Waals surface area contributed by atoms with Crippen LogP contribution in [0.25, 0.3) is 11.4 Å². The molecule has 0 atom stereocenters. The molecule has 106 valence electrons. The van der Waals surface area contributed by atoms with Crippen molar-refractivity contribution in [3.8, 4) is 17.1 Å². The third kappa shape index (κ3) is 2.72. The van der Waals surface area contributed by atoms with E-state index in [1.54, 1.807) is 7.11 Å². The Bertz CT molecular complexity index is 611. The maximum absolute atomic E-state index is 5.60. The first-order valence-electron chi connectivity index (χ1n) is 6.56. The van der Waals surface area contributed by atoms with Gasteiger partial charge in [0.15, 0.2) is 5.82 Å². The number of nitrogens with two attached hydrogens (primary N) is 1. The van der Waals surface area contributed by atoms with Gasteiger partial charge in [0.1, 0.15) is 11.6 Å². The standard InChI is InChI=1S/C15H20N4O/c1-9(2)13-10(3)17-14(18-15(13)19-16)11-6-5-7-12(8-11)20-4/h5-9H,16H2,1-4H3,(H,17,18,19). The van der Waals surface area contributed by atoms with Gasteiger partial charge in [0.2, 0.25) is 0 Å². The summed E-state index contributed by atoms with van der Waals surface area (Å²) in [4.78, 5) is 9.10. The predicted octanol–water partition coefficient (Wildman–Crippen LogP) is 2.87. The maximum Gasteiger partial charge on any atom is 0.161 e. The number of hydrogen-bond acceptors (Lipinski definition) is 5. The lowest BCUT2D eigenvalue weighted by Gasteiger charge is -2.15. The lowest BCUT2D eigenvalue weighted by atomic mass is 10.0. The van der Waals surface area contributed by atoms with Crippen LogP contribution in [0.3, 0.4) is 0 Å². The fraction of sp³-hybridized carbons (Fsp3) is 0.333. The van der Waals surface area contributed by atoms with Gasteiger partial charge in [-0.2, -0.15) is 0 Å². The molecule has 0 aliphatic carbocycles. The summed E-state index contributed by atoms with van der Waals surface area (Å²) in [5.74, 6) is 7.99.